The molecule has 2 unspecified atom stereocenters. The smallest absolute Gasteiger partial charge is 0.223 e. The Hall–Kier alpha value is -0.710. The van der Waals surface area contributed by atoms with Crippen molar-refractivity contribution in [3.8, 4) is 0 Å². The summed E-state index contributed by atoms with van der Waals surface area (Å²) in [5.74, 6) is 1.04. The number of hydrogen-bond acceptors (Lipinski definition) is 3. The van der Waals surface area contributed by atoms with E-state index >= 15 is 0 Å². The van der Waals surface area contributed by atoms with Gasteiger partial charge in [0.25, 0.3) is 0 Å². The molecule has 0 aliphatic carbocycles. The van der Waals surface area contributed by atoms with Crippen LogP contribution >= 0.6 is 23.4 Å². The molecule has 0 radical (unpaired) electrons. The normalized spacial score (nSPS) is 27.9. The maximum atomic E-state index is 12.4. The molecule has 1 aromatic rings. The van der Waals surface area contributed by atoms with Gasteiger partial charge in [0.05, 0.1) is 6.10 Å². The van der Waals surface area contributed by atoms with Crippen LogP contribution in [-0.2, 0) is 4.79 Å². The van der Waals surface area contributed by atoms with Gasteiger partial charge in [0, 0.05) is 34.2 Å². The lowest BCUT2D eigenvalue weighted by Crippen LogP contribution is -2.48. The average molecular weight is 326 g/mol. The van der Waals surface area contributed by atoms with Gasteiger partial charge in [0.1, 0.15) is 0 Å². The number of carbonyl (C=O) groups is 1. The molecular weight excluding hydrogens is 306 g/mol. The fourth-order valence-electron chi connectivity index (χ4n) is 3.47. The average Bonchev–Trinajstić information content (AvgIpc) is 2.73. The van der Waals surface area contributed by atoms with E-state index in [-0.39, 0.29) is 24.1 Å². The highest BCUT2D eigenvalue weighted by Gasteiger charge is 2.42. The van der Waals surface area contributed by atoms with E-state index in [9.17, 15) is 9.90 Å². The first kappa shape index (κ1) is 15.2. The van der Waals surface area contributed by atoms with E-state index in [1.165, 1.54) is 0 Å². The maximum Gasteiger partial charge on any atom is 0.223 e. The second-order valence-electron chi connectivity index (χ2n) is 5.86. The number of rotatable bonds is 4. The molecule has 3 rings (SSSR count). The fourth-order valence-corrected chi connectivity index (χ4v) is 4.44. The predicted molar refractivity (Wildman–Crippen MR) is 85.7 cm³/mol. The summed E-state index contributed by atoms with van der Waals surface area (Å²) >= 11 is 7.55. The van der Waals surface area contributed by atoms with Crippen molar-refractivity contribution in [3.63, 3.8) is 0 Å². The molecular formula is C16H20ClNO2S. The molecule has 0 aromatic heterocycles. The summed E-state index contributed by atoms with van der Waals surface area (Å²) in [5, 5.41) is 10.5. The molecule has 1 N–H and O–H groups in total. The van der Waals surface area contributed by atoms with Gasteiger partial charge in [-0.1, -0.05) is 11.6 Å². The standard InChI is InChI=1S/C16H20ClNO2S/c17-11-1-5-15(6-2-11)21-8-7-16(20)18-12-3-4-13(18)10-14(19)9-12/h1-2,5-6,12-14,19H,3-4,7-10H2. The minimum Gasteiger partial charge on any atom is -0.393 e. The van der Waals surface area contributed by atoms with E-state index in [1.54, 1.807) is 11.8 Å². The summed E-state index contributed by atoms with van der Waals surface area (Å²) in [4.78, 5) is 15.6. The molecule has 5 heteroatoms. The quantitative estimate of drug-likeness (QED) is 0.863. The van der Waals surface area contributed by atoms with Crippen molar-refractivity contribution in [1.82, 2.24) is 4.90 Å². The van der Waals surface area contributed by atoms with Crippen LogP contribution in [0, 0.1) is 0 Å². The van der Waals surface area contributed by atoms with Crippen LogP contribution in [0.1, 0.15) is 32.1 Å². The molecule has 21 heavy (non-hydrogen) atoms. The minimum absolute atomic E-state index is 0.213. The van der Waals surface area contributed by atoms with Crippen LogP contribution in [0.15, 0.2) is 29.2 Å². The highest BCUT2D eigenvalue weighted by Crippen LogP contribution is 2.36. The maximum absolute atomic E-state index is 12.4. The SMILES string of the molecule is O=C(CCSc1ccc(Cl)cc1)N1C2CCC1CC(O)C2. The third-order valence-corrected chi connectivity index (χ3v) is 5.66. The van der Waals surface area contributed by atoms with Crippen LogP contribution in [0.3, 0.4) is 0 Å². The Morgan fingerprint density at radius 2 is 1.86 bits per heavy atom. The van der Waals surface area contributed by atoms with Crippen molar-refractivity contribution in [3.05, 3.63) is 29.3 Å². The molecule has 0 saturated carbocycles. The molecule has 1 amide bonds. The Labute approximate surface area is 134 Å². The summed E-state index contributed by atoms with van der Waals surface area (Å²) in [7, 11) is 0. The lowest BCUT2D eigenvalue weighted by molar-refractivity contribution is -0.136. The molecule has 2 saturated heterocycles. The summed E-state index contributed by atoms with van der Waals surface area (Å²) in [6, 6.07) is 8.26. The number of piperidine rings is 1. The topological polar surface area (TPSA) is 40.5 Å². The summed E-state index contributed by atoms with van der Waals surface area (Å²) in [6.45, 7) is 0. The van der Waals surface area contributed by atoms with Crippen molar-refractivity contribution < 1.29 is 9.90 Å². The van der Waals surface area contributed by atoms with Gasteiger partial charge in [-0.05, 0) is 49.9 Å². The molecule has 2 fully saturated rings. The Morgan fingerprint density at radius 1 is 1.24 bits per heavy atom. The molecule has 2 aliphatic rings. The number of aliphatic hydroxyl groups excluding tert-OH is 1. The van der Waals surface area contributed by atoms with Crippen molar-refractivity contribution >= 4 is 29.3 Å². The number of fused-ring (bicyclic) bond motifs is 2. The van der Waals surface area contributed by atoms with Crippen LogP contribution in [0.2, 0.25) is 5.02 Å². The molecule has 114 valence electrons. The molecule has 2 atom stereocenters. The van der Waals surface area contributed by atoms with Gasteiger partial charge in [-0.3, -0.25) is 4.79 Å². The molecule has 3 nitrogen and oxygen atoms in total. The largest absolute Gasteiger partial charge is 0.393 e. The zero-order chi connectivity index (χ0) is 14.8. The van der Waals surface area contributed by atoms with Crippen LogP contribution in [0.4, 0.5) is 0 Å². The van der Waals surface area contributed by atoms with E-state index in [2.05, 4.69) is 4.90 Å². The predicted octanol–water partition coefficient (Wildman–Crippen LogP) is 3.34. The van der Waals surface area contributed by atoms with Gasteiger partial charge < -0.3 is 10.0 Å². The van der Waals surface area contributed by atoms with Crippen LogP contribution in [-0.4, -0.2) is 39.9 Å². The summed E-state index contributed by atoms with van der Waals surface area (Å²) in [6.07, 6.45) is 3.97. The van der Waals surface area contributed by atoms with Crippen molar-refractivity contribution in [2.75, 3.05) is 5.75 Å². The fraction of sp³-hybridized carbons (Fsp3) is 0.562. The number of hydrogen-bond donors (Lipinski definition) is 1. The first-order valence-corrected chi connectivity index (χ1v) is 8.87. The van der Waals surface area contributed by atoms with Gasteiger partial charge >= 0.3 is 0 Å². The number of aliphatic hydroxyl groups is 1. The summed E-state index contributed by atoms with van der Waals surface area (Å²) in [5.41, 5.74) is 0. The highest BCUT2D eigenvalue weighted by molar-refractivity contribution is 7.99. The monoisotopic (exact) mass is 325 g/mol. The number of carbonyl (C=O) groups excluding carboxylic acids is 1. The van der Waals surface area contributed by atoms with Crippen LogP contribution < -0.4 is 0 Å². The molecule has 0 spiro atoms. The second kappa shape index (κ2) is 6.59. The van der Waals surface area contributed by atoms with Crippen LogP contribution in [0.5, 0.6) is 0 Å². The first-order chi connectivity index (χ1) is 10.1. The molecule has 2 bridgehead atoms. The van der Waals surface area contributed by atoms with Gasteiger partial charge in [-0.25, -0.2) is 0 Å². The Morgan fingerprint density at radius 3 is 2.48 bits per heavy atom. The van der Waals surface area contributed by atoms with E-state index in [0.717, 1.165) is 41.4 Å². The van der Waals surface area contributed by atoms with Gasteiger partial charge in [0.2, 0.25) is 5.91 Å². The number of nitrogens with zero attached hydrogens (tertiary/aromatic N) is 1. The summed E-state index contributed by atoms with van der Waals surface area (Å²) < 4.78 is 0. The Kier molecular flexibility index (Phi) is 4.77. The minimum atomic E-state index is -0.213. The highest BCUT2D eigenvalue weighted by atomic mass is 35.5. The van der Waals surface area contributed by atoms with Gasteiger partial charge in [-0.15, -0.1) is 11.8 Å². The molecule has 2 aliphatic heterocycles. The van der Waals surface area contributed by atoms with Gasteiger partial charge in [-0.2, -0.15) is 0 Å². The van der Waals surface area contributed by atoms with Crippen molar-refractivity contribution in [1.29, 1.82) is 0 Å². The number of halogens is 1. The zero-order valence-electron chi connectivity index (χ0n) is 11.9. The lowest BCUT2D eigenvalue weighted by Gasteiger charge is -2.37. The number of benzene rings is 1. The van der Waals surface area contributed by atoms with E-state index in [0.29, 0.717) is 6.42 Å². The Bertz CT molecular complexity index is 494. The Balaban J connectivity index is 1.49. The first-order valence-electron chi connectivity index (χ1n) is 7.51. The van der Waals surface area contributed by atoms with E-state index in [1.807, 2.05) is 24.3 Å². The third kappa shape index (κ3) is 3.55. The van der Waals surface area contributed by atoms with Crippen molar-refractivity contribution in [2.45, 2.75) is 55.2 Å². The van der Waals surface area contributed by atoms with Gasteiger partial charge in [0.15, 0.2) is 0 Å². The third-order valence-electron chi connectivity index (χ3n) is 4.39. The zero-order valence-corrected chi connectivity index (χ0v) is 13.4. The van der Waals surface area contributed by atoms with Crippen molar-refractivity contribution in [2.24, 2.45) is 0 Å². The second-order valence-corrected chi connectivity index (χ2v) is 7.47. The van der Waals surface area contributed by atoms with Crippen LogP contribution in [0.25, 0.3) is 0 Å². The van der Waals surface area contributed by atoms with E-state index in [4.69, 9.17) is 11.6 Å². The van der Waals surface area contributed by atoms with E-state index < -0.39 is 0 Å². The molecule has 1 aromatic carbocycles. The lowest BCUT2D eigenvalue weighted by atomic mass is 9.99. The number of amides is 1. The number of thioether (sulfide) groups is 1. The molecule has 2 heterocycles.